The molecule has 0 aliphatic rings. The molecule has 18 heavy (non-hydrogen) atoms. The molecule has 0 fully saturated rings. The van der Waals surface area contributed by atoms with Crippen molar-refractivity contribution in [1.29, 1.82) is 0 Å². The summed E-state index contributed by atoms with van der Waals surface area (Å²) in [6.07, 6.45) is 0. The van der Waals surface area contributed by atoms with Crippen molar-refractivity contribution < 1.29 is 0 Å². The van der Waals surface area contributed by atoms with E-state index in [2.05, 4.69) is 12.8 Å². The second-order valence-corrected chi connectivity index (χ2v) is 4.99. The molecule has 1 aromatic carbocycles. The number of nitrogen functional groups attached to an aromatic ring is 1. The Labute approximate surface area is 112 Å². The highest BCUT2D eigenvalue weighted by atomic mass is 32.1. The summed E-state index contributed by atoms with van der Waals surface area (Å²) in [6.45, 7) is 5.81. The molecule has 0 atom stereocenters. The molecule has 4 nitrogen and oxygen atoms in total. The number of hydrogen-bond donors (Lipinski definition) is 2. The van der Waals surface area contributed by atoms with Crippen molar-refractivity contribution in [2.45, 2.75) is 26.8 Å². The summed E-state index contributed by atoms with van der Waals surface area (Å²) >= 11 is 4.28. The van der Waals surface area contributed by atoms with Crippen LogP contribution in [0.25, 0.3) is 11.1 Å². The van der Waals surface area contributed by atoms with Crippen molar-refractivity contribution >= 4 is 18.6 Å². The lowest BCUT2D eigenvalue weighted by atomic mass is 10.0. The zero-order valence-corrected chi connectivity index (χ0v) is 11.6. The summed E-state index contributed by atoms with van der Waals surface area (Å²) in [5.74, 6) is 0.381. The summed E-state index contributed by atoms with van der Waals surface area (Å²) in [5.41, 5.74) is 8.32. The van der Waals surface area contributed by atoms with Crippen molar-refractivity contribution in [3.05, 3.63) is 40.2 Å². The normalized spacial score (nSPS) is 11.2. The van der Waals surface area contributed by atoms with Crippen LogP contribution in [-0.4, -0.2) is 8.77 Å². The monoisotopic (exact) mass is 263 g/mol. The van der Waals surface area contributed by atoms with Gasteiger partial charge in [0.25, 0.3) is 5.56 Å². The second kappa shape index (κ2) is 4.57. The highest BCUT2D eigenvalue weighted by Gasteiger charge is 2.20. The topological polar surface area (TPSA) is 52.9 Å². The summed E-state index contributed by atoms with van der Waals surface area (Å²) in [4.78, 5) is 12.4. The van der Waals surface area contributed by atoms with Gasteiger partial charge < -0.3 is 5.73 Å². The van der Waals surface area contributed by atoms with Gasteiger partial charge in [0.15, 0.2) is 0 Å². The third-order valence-electron chi connectivity index (χ3n) is 3.00. The van der Waals surface area contributed by atoms with E-state index in [1.165, 1.54) is 4.09 Å². The van der Waals surface area contributed by atoms with Gasteiger partial charge in [-0.1, -0.05) is 24.3 Å². The lowest BCUT2D eigenvalue weighted by Crippen LogP contribution is -2.22. The number of nitrogens with zero attached hydrogens (tertiary/aromatic N) is 2. The fourth-order valence-corrected chi connectivity index (χ4v) is 2.47. The van der Waals surface area contributed by atoms with E-state index in [9.17, 15) is 4.79 Å². The van der Waals surface area contributed by atoms with E-state index in [1.807, 2.05) is 45.0 Å². The molecule has 0 aliphatic heterocycles. The van der Waals surface area contributed by atoms with Gasteiger partial charge in [-0.3, -0.25) is 4.79 Å². The third-order valence-corrected chi connectivity index (χ3v) is 3.41. The summed E-state index contributed by atoms with van der Waals surface area (Å²) in [6, 6.07) is 7.71. The molecule has 2 N–H and O–H groups in total. The van der Waals surface area contributed by atoms with Crippen LogP contribution < -0.4 is 11.3 Å². The lowest BCUT2D eigenvalue weighted by molar-refractivity contribution is 0.503. The number of rotatable bonds is 2. The Bertz CT molecular complexity index is 640. The Morgan fingerprint density at radius 2 is 1.89 bits per heavy atom. The third kappa shape index (κ3) is 1.84. The van der Waals surface area contributed by atoms with Gasteiger partial charge in [-0.15, -0.1) is 0 Å². The molecule has 0 radical (unpaired) electrons. The van der Waals surface area contributed by atoms with Gasteiger partial charge >= 0.3 is 0 Å². The molecular formula is C13H17N3OS. The van der Waals surface area contributed by atoms with Crippen molar-refractivity contribution in [3.8, 4) is 11.1 Å². The first-order valence-electron chi connectivity index (χ1n) is 5.83. The SMILES string of the molecule is Cc1ccccc1-c1c(N)n(S)n(C(C)C)c1=O. The molecular weight excluding hydrogens is 246 g/mol. The van der Waals surface area contributed by atoms with Gasteiger partial charge in [0.1, 0.15) is 5.82 Å². The van der Waals surface area contributed by atoms with Crippen LogP contribution >= 0.6 is 12.8 Å². The standard InChI is InChI=1S/C13H17N3OS/c1-8(2)15-13(17)11(12(14)16(15)18)10-7-5-4-6-9(10)3/h4-8,18H,14H2,1-3H3. The maximum Gasteiger partial charge on any atom is 0.277 e. The van der Waals surface area contributed by atoms with Gasteiger partial charge in [-0.2, -0.15) is 0 Å². The molecule has 96 valence electrons. The van der Waals surface area contributed by atoms with E-state index in [-0.39, 0.29) is 11.6 Å². The maximum atomic E-state index is 12.4. The molecule has 0 amide bonds. The van der Waals surface area contributed by atoms with Crippen LogP contribution in [-0.2, 0) is 0 Å². The molecule has 2 aromatic rings. The zero-order valence-electron chi connectivity index (χ0n) is 10.7. The Morgan fingerprint density at radius 3 is 2.39 bits per heavy atom. The Morgan fingerprint density at radius 1 is 1.28 bits per heavy atom. The van der Waals surface area contributed by atoms with Crippen molar-refractivity contribution in [1.82, 2.24) is 8.77 Å². The van der Waals surface area contributed by atoms with Crippen molar-refractivity contribution in [2.24, 2.45) is 0 Å². The minimum Gasteiger partial charge on any atom is -0.383 e. The van der Waals surface area contributed by atoms with Crippen molar-refractivity contribution in [3.63, 3.8) is 0 Å². The average molecular weight is 263 g/mol. The minimum absolute atomic E-state index is 0.00932. The highest BCUT2D eigenvalue weighted by Crippen LogP contribution is 2.27. The van der Waals surface area contributed by atoms with Gasteiger partial charge in [-0.25, -0.2) is 8.77 Å². The molecule has 0 spiro atoms. The largest absolute Gasteiger partial charge is 0.383 e. The van der Waals surface area contributed by atoms with Crippen LogP contribution in [0.3, 0.4) is 0 Å². The Balaban J connectivity index is 2.79. The van der Waals surface area contributed by atoms with E-state index < -0.39 is 0 Å². The summed E-state index contributed by atoms with van der Waals surface area (Å²) in [7, 11) is 0. The molecule has 0 unspecified atom stereocenters. The highest BCUT2D eigenvalue weighted by molar-refractivity contribution is 7.78. The number of aryl methyl sites for hydroxylation is 1. The van der Waals surface area contributed by atoms with Crippen LogP contribution in [0.4, 0.5) is 5.82 Å². The number of benzene rings is 1. The molecule has 0 saturated carbocycles. The van der Waals surface area contributed by atoms with Crippen LogP contribution in [0.2, 0.25) is 0 Å². The van der Waals surface area contributed by atoms with Crippen LogP contribution in [0, 0.1) is 6.92 Å². The summed E-state index contributed by atoms with van der Waals surface area (Å²) in [5, 5.41) is 0. The quantitative estimate of drug-likeness (QED) is 0.818. The molecule has 1 heterocycles. The van der Waals surface area contributed by atoms with Gasteiger partial charge in [0.2, 0.25) is 0 Å². The number of nitrogens with two attached hydrogens (primary N) is 1. The van der Waals surface area contributed by atoms with E-state index >= 15 is 0 Å². The van der Waals surface area contributed by atoms with Crippen LogP contribution in [0.1, 0.15) is 25.5 Å². The van der Waals surface area contributed by atoms with Crippen molar-refractivity contribution in [2.75, 3.05) is 5.73 Å². The predicted molar refractivity (Wildman–Crippen MR) is 78.0 cm³/mol. The average Bonchev–Trinajstić information content (AvgIpc) is 2.52. The van der Waals surface area contributed by atoms with E-state index in [4.69, 9.17) is 5.73 Å². The fraction of sp³-hybridized carbons (Fsp3) is 0.308. The minimum atomic E-state index is -0.105. The van der Waals surface area contributed by atoms with E-state index in [0.717, 1.165) is 11.1 Å². The van der Waals surface area contributed by atoms with Crippen LogP contribution in [0.15, 0.2) is 29.1 Å². The number of hydrogen-bond acceptors (Lipinski definition) is 3. The lowest BCUT2D eigenvalue weighted by Gasteiger charge is -2.09. The Hall–Kier alpha value is -1.62. The molecule has 0 saturated heterocycles. The number of thiol groups is 1. The smallest absolute Gasteiger partial charge is 0.277 e. The van der Waals surface area contributed by atoms with Gasteiger partial charge in [0, 0.05) is 6.04 Å². The molecule has 0 aliphatic carbocycles. The van der Waals surface area contributed by atoms with Gasteiger partial charge in [0.05, 0.1) is 5.56 Å². The molecule has 1 aromatic heterocycles. The van der Waals surface area contributed by atoms with E-state index in [0.29, 0.717) is 11.4 Å². The van der Waals surface area contributed by atoms with E-state index in [1.54, 1.807) is 4.68 Å². The van der Waals surface area contributed by atoms with Gasteiger partial charge in [-0.05, 0) is 44.7 Å². The predicted octanol–water partition coefficient (Wildman–Crippen LogP) is 2.48. The number of aromatic nitrogens is 2. The number of anilines is 1. The first-order valence-corrected chi connectivity index (χ1v) is 6.23. The fourth-order valence-electron chi connectivity index (χ4n) is 2.09. The maximum absolute atomic E-state index is 12.4. The first kappa shape index (κ1) is 12.8. The second-order valence-electron chi connectivity index (χ2n) is 4.61. The van der Waals surface area contributed by atoms with Crippen LogP contribution in [0.5, 0.6) is 0 Å². The molecule has 5 heteroatoms. The zero-order chi connectivity index (χ0) is 13.4. The first-order chi connectivity index (χ1) is 8.45. The Kier molecular flexibility index (Phi) is 3.26. The summed E-state index contributed by atoms with van der Waals surface area (Å²) < 4.78 is 2.97. The molecule has 0 bridgehead atoms. The molecule has 2 rings (SSSR count).